The Balaban J connectivity index is 3.97. The third-order valence-corrected chi connectivity index (χ3v) is 1.69. The van der Waals surface area contributed by atoms with Crippen molar-refractivity contribution in [1.82, 2.24) is 0 Å². The highest BCUT2D eigenvalue weighted by Gasteiger charge is 2.24. The molecule has 0 aliphatic heterocycles. The lowest BCUT2D eigenvalue weighted by Gasteiger charge is -2.23. The second-order valence-electron chi connectivity index (χ2n) is 4.54. The van der Waals surface area contributed by atoms with Crippen LogP contribution in [0.1, 0.15) is 33.6 Å². The van der Waals surface area contributed by atoms with Crippen molar-refractivity contribution in [3.05, 3.63) is 0 Å². The molecule has 0 radical (unpaired) electrons. The molecule has 4 heteroatoms. The summed E-state index contributed by atoms with van der Waals surface area (Å²) in [6.07, 6.45) is 0.198. The van der Waals surface area contributed by atoms with E-state index in [1.807, 2.05) is 20.8 Å². The quantitative estimate of drug-likeness (QED) is 0.639. The molecule has 4 nitrogen and oxygen atoms in total. The number of hydrogen-bond donors (Lipinski definition) is 2. The first-order valence-electron chi connectivity index (χ1n) is 4.82. The molecule has 2 N–H and O–H groups in total. The van der Waals surface area contributed by atoms with Crippen LogP contribution in [0, 0.1) is 5.41 Å². The van der Waals surface area contributed by atoms with E-state index in [-0.39, 0.29) is 12.0 Å². The van der Waals surface area contributed by atoms with Crippen molar-refractivity contribution >= 4 is 5.97 Å². The van der Waals surface area contributed by atoms with Gasteiger partial charge in [-0.3, -0.25) is 0 Å². The fourth-order valence-electron chi connectivity index (χ4n) is 1.06. The number of carbonyl (C=O) groups is 1. The van der Waals surface area contributed by atoms with E-state index in [1.54, 1.807) is 0 Å². The SMILES string of the molecule is CC(C)(C)CC(OCCCO)C(=O)O. The molecule has 0 fully saturated rings. The number of carboxylic acid groups (broad SMARTS) is 1. The topological polar surface area (TPSA) is 66.8 Å². The van der Waals surface area contributed by atoms with Crippen molar-refractivity contribution in [2.45, 2.75) is 39.7 Å². The van der Waals surface area contributed by atoms with Crippen LogP contribution in [-0.2, 0) is 9.53 Å². The molecule has 1 unspecified atom stereocenters. The second-order valence-corrected chi connectivity index (χ2v) is 4.54. The largest absolute Gasteiger partial charge is 0.479 e. The number of rotatable bonds is 6. The molecule has 1 atom stereocenters. The number of aliphatic carboxylic acids is 1. The van der Waals surface area contributed by atoms with Gasteiger partial charge in [-0.2, -0.15) is 0 Å². The average molecular weight is 204 g/mol. The minimum absolute atomic E-state index is 0.0296. The molecule has 14 heavy (non-hydrogen) atoms. The number of ether oxygens (including phenoxy) is 1. The van der Waals surface area contributed by atoms with Crippen molar-refractivity contribution < 1.29 is 19.7 Å². The molecule has 0 aliphatic rings. The fraction of sp³-hybridized carbons (Fsp3) is 0.900. The van der Waals surface area contributed by atoms with Crippen molar-refractivity contribution in [3.8, 4) is 0 Å². The van der Waals surface area contributed by atoms with Crippen LogP contribution in [0.5, 0.6) is 0 Å². The molecular weight excluding hydrogens is 184 g/mol. The van der Waals surface area contributed by atoms with Gasteiger partial charge in [0.1, 0.15) is 0 Å². The predicted molar refractivity (Wildman–Crippen MR) is 53.2 cm³/mol. The van der Waals surface area contributed by atoms with E-state index >= 15 is 0 Å². The van der Waals surface area contributed by atoms with E-state index in [0.717, 1.165) is 0 Å². The van der Waals surface area contributed by atoms with Gasteiger partial charge in [0.25, 0.3) is 0 Å². The van der Waals surface area contributed by atoms with Crippen molar-refractivity contribution in [1.29, 1.82) is 0 Å². The van der Waals surface area contributed by atoms with Gasteiger partial charge in [-0.1, -0.05) is 20.8 Å². The zero-order chi connectivity index (χ0) is 11.2. The lowest BCUT2D eigenvalue weighted by atomic mass is 9.89. The first-order valence-corrected chi connectivity index (χ1v) is 4.82. The Labute approximate surface area is 84.9 Å². The Morgan fingerprint density at radius 1 is 1.43 bits per heavy atom. The predicted octanol–water partition coefficient (Wildman–Crippen LogP) is 1.27. The summed E-state index contributed by atoms with van der Waals surface area (Å²) in [6, 6.07) is 0. The van der Waals surface area contributed by atoms with Crippen LogP contribution >= 0.6 is 0 Å². The molecule has 0 saturated heterocycles. The molecule has 0 bridgehead atoms. The fourth-order valence-corrected chi connectivity index (χ4v) is 1.06. The van der Waals surface area contributed by atoms with Crippen molar-refractivity contribution in [2.75, 3.05) is 13.2 Å². The van der Waals surface area contributed by atoms with E-state index in [4.69, 9.17) is 14.9 Å². The van der Waals surface area contributed by atoms with Crippen LogP contribution in [0.25, 0.3) is 0 Å². The summed E-state index contributed by atoms with van der Waals surface area (Å²) in [5.74, 6) is -0.933. The smallest absolute Gasteiger partial charge is 0.332 e. The maximum absolute atomic E-state index is 10.8. The van der Waals surface area contributed by atoms with E-state index < -0.39 is 12.1 Å². The van der Waals surface area contributed by atoms with E-state index in [1.165, 1.54) is 0 Å². The zero-order valence-electron chi connectivity index (χ0n) is 9.12. The van der Waals surface area contributed by atoms with Crippen LogP contribution in [0.3, 0.4) is 0 Å². The summed E-state index contributed by atoms with van der Waals surface area (Å²) in [4.78, 5) is 10.8. The van der Waals surface area contributed by atoms with Gasteiger partial charge in [-0.15, -0.1) is 0 Å². The Hall–Kier alpha value is -0.610. The molecule has 0 aliphatic carbocycles. The number of hydrogen-bond acceptors (Lipinski definition) is 3. The number of aliphatic hydroxyl groups excluding tert-OH is 1. The van der Waals surface area contributed by atoms with Gasteiger partial charge in [0, 0.05) is 13.2 Å². The van der Waals surface area contributed by atoms with E-state index in [0.29, 0.717) is 19.4 Å². The Kier molecular flexibility index (Phi) is 5.72. The minimum atomic E-state index is -0.933. The molecule has 0 heterocycles. The van der Waals surface area contributed by atoms with Crippen LogP contribution in [-0.4, -0.2) is 35.5 Å². The van der Waals surface area contributed by atoms with Crippen molar-refractivity contribution in [2.24, 2.45) is 5.41 Å². The second kappa shape index (κ2) is 5.98. The van der Waals surface area contributed by atoms with Gasteiger partial charge in [0.2, 0.25) is 0 Å². The monoisotopic (exact) mass is 204 g/mol. The molecule has 0 spiro atoms. The summed E-state index contributed by atoms with van der Waals surface area (Å²) in [5, 5.41) is 17.4. The lowest BCUT2D eigenvalue weighted by Crippen LogP contribution is -2.29. The third-order valence-electron chi connectivity index (χ3n) is 1.69. The highest BCUT2D eigenvalue weighted by molar-refractivity contribution is 5.72. The molecule has 0 aromatic carbocycles. The summed E-state index contributed by atoms with van der Waals surface area (Å²) in [5.41, 5.74) is -0.0672. The molecule has 0 rings (SSSR count). The normalized spacial score (nSPS) is 14.0. The zero-order valence-corrected chi connectivity index (χ0v) is 9.12. The summed E-state index contributed by atoms with van der Waals surface area (Å²) in [7, 11) is 0. The Morgan fingerprint density at radius 2 is 2.00 bits per heavy atom. The molecular formula is C10H20O4. The molecule has 0 aromatic rings. The molecule has 0 aromatic heterocycles. The van der Waals surface area contributed by atoms with Gasteiger partial charge >= 0.3 is 5.97 Å². The summed E-state index contributed by atoms with van der Waals surface area (Å²) >= 11 is 0. The third kappa shape index (κ3) is 6.86. The van der Waals surface area contributed by atoms with Gasteiger partial charge in [0.15, 0.2) is 6.10 Å². The lowest BCUT2D eigenvalue weighted by molar-refractivity contribution is -0.152. The molecule has 0 amide bonds. The summed E-state index contributed by atoms with van der Waals surface area (Å²) < 4.78 is 5.16. The first kappa shape index (κ1) is 13.4. The van der Waals surface area contributed by atoms with Crippen LogP contribution in [0.4, 0.5) is 0 Å². The van der Waals surface area contributed by atoms with Crippen LogP contribution in [0.2, 0.25) is 0 Å². The first-order chi connectivity index (χ1) is 6.37. The van der Waals surface area contributed by atoms with Crippen molar-refractivity contribution in [3.63, 3.8) is 0 Å². The molecule has 84 valence electrons. The van der Waals surface area contributed by atoms with Gasteiger partial charge in [-0.25, -0.2) is 4.79 Å². The maximum Gasteiger partial charge on any atom is 0.332 e. The maximum atomic E-state index is 10.8. The van der Waals surface area contributed by atoms with Crippen LogP contribution in [0.15, 0.2) is 0 Å². The average Bonchev–Trinajstić information content (AvgIpc) is 2.00. The summed E-state index contributed by atoms with van der Waals surface area (Å²) in [6.45, 7) is 6.24. The van der Waals surface area contributed by atoms with Crippen LogP contribution < -0.4 is 0 Å². The van der Waals surface area contributed by atoms with Gasteiger partial charge < -0.3 is 14.9 Å². The van der Waals surface area contributed by atoms with Gasteiger partial charge in [0.05, 0.1) is 0 Å². The Morgan fingerprint density at radius 3 is 2.36 bits per heavy atom. The minimum Gasteiger partial charge on any atom is -0.479 e. The highest BCUT2D eigenvalue weighted by Crippen LogP contribution is 2.22. The van der Waals surface area contributed by atoms with Gasteiger partial charge in [-0.05, 0) is 18.3 Å². The highest BCUT2D eigenvalue weighted by atomic mass is 16.5. The Bertz CT molecular complexity index is 171. The standard InChI is InChI=1S/C10H20O4/c1-10(2,3)7-8(9(12)13)14-6-4-5-11/h8,11H,4-7H2,1-3H3,(H,12,13). The molecule has 0 saturated carbocycles. The van der Waals surface area contributed by atoms with E-state index in [2.05, 4.69) is 0 Å². The van der Waals surface area contributed by atoms with E-state index in [9.17, 15) is 4.79 Å². The number of carboxylic acids is 1. The number of aliphatic hydroxyl groups is 1.